The molecule has 0 aliphatic rings. The van der Waals surface area contributed by atoms with Gasteiger partial charge in [0.15, 0.2) is 0 Å². The molecule has 0 aromatic carbocycles. The summed E-state index contributed by atoms with van der Waals surface area (Å²) in [5, 5.41) is 17.6. The smallest absolute Gasteiger partial charge is 0.282 e. The van der Waals surface area contributed by atoms with Crippen LogP contribution in [-0.2, 0) is 6.42 Å². The first kappa shape index (κ1) is 13.7. The first-order valence-electron chi connectivity index (χ1n) is 4.85. The number of rotatable bonds is 4. The average Bonchev–Trinajstić information content (AvgIpc) is 2.91. The van der Waals surface area contributed by atoms with Gasteiger partial charge in [0.05, 0.1) is 16.8 Å². The Hall–Kier alpha value is -0.680. The lowest BCUT2D eigenvalue weighted by atomic mass is 10.3. The molecule has 0 atom stereocenters. The summed E-state index contributed by atoms with van der Waals surface area (Å²) in [4.78, 5) is 1.89. The van der Waals surface area contributed by atoms with E-state index >= 15 is 0 Å². The Bertz CT molecular complexity index is 602. The van der Waals surface area contributed by atoms with Crippen LogP contribution in [0.5, 0.6) is 0 Å². The van der Waals surface area contributed by atoms with Crippen LogP contribution in [0, 0.1) is 18.3 Å². The van der Waals surface area contributed by atoms with Gasteiger partial charge in [-0.1, -0.05) is 23.4 Å². The van der Waals surface area contributed by atoms with E-state index in [1.807, 2.05) is 13.2 Å². The van der Waals surface area contributed by atoms with Crippen molar-refractivity contribution in [2.75, 3.05) is 6.26 Å². The molecule has 4 nitrogen and oxygen atoms in total. The first-order chi connectivity index (χ1) is 8.65. The number of thiophene rings is 1. The summed E-state index contributed by atoms with van der Waals surface area (Å²) < 4.78 is 6.12. The molecule has 0 N–H and O–H groups in total. The van der Waals surface area contributed by atoms with Crippen LogP contribution in [0.3, 0.4) is 0 Å². The third-order valence-corrected chi connectivity index (χ3v) is 5.43. The van der Waals surface area contributed by atoms with Crippen molar-refractivity contribution in [3.8, 4) is 6.07 Å². The molecule has 0 radical (unpaired) electrons. The Kier molecular flexibility index (Phi) is 4.56. The SMILES string of the molecule is CSc1nnc(Sc2c(CC#N)sc(Cl)c2C)o1. The second-order valence-corrected chi connectivity index (χ2v) is 6.65. The number of nitrogens with zero attached hydrogens (tertiary/aromatic N) is 3. The van der Waals surface area contributed by atoms with Crippen molar-refractivity contribution in [3.05, 3.63) is 14.8 Å². The standard InChI is InChI=1S/C10H8ClN3OS3/c1-5-7(6(3-4-12)17-8(5)11)18-10-14-13-9(15-10)16-2/h3H2,1-2H3. The predicted octanol–water partition coefficient (Wildman–Crippen LogP) is 4.03. The third kappa shape index (κ3) is 2.83. The Labute approximate surface area is 122 Å². The quantitative estimate of drug-likeness (QED) is 0.793. The number of halogens is 1. The molecule has 8 heteroatoms. The summed E-state index contributed by atoms with van der Waals surface area (Å²) in [7, 11) is 0. The van der Waals surface area contributed by atoms with Gasteiger partial charge >= 0.3 is 0 Å². The van der Waals surface area contributed by atoms with Crippen molar-refractivity contribution in [3.63, 3.8) is 0 Å². The molecule has 2 aromatic heterocycles. The lowest BCUT2D eigenvalue weighted by molar-refractivity contribution is 0.377. The molecule has 0 bridgehead atoms. The molecule has 0 aliphatic heterocycles. The predicted molar refractivity (Wildman–Crippen MR) is 73.6 cm³/mol. The normalized spacial score (nSPS) is 10.6. The van der Waals surface area contributed by atoms with Gasteiger partial charge in [-0.05, 0) is 30.5 Å². The maximum Gasteiger partial charge on any atom is 0.282 e. The highest BCUT2D eigenvalue weighted by Crippen LogP contribution is 2.41. The van der Waals surface area contributed by atoms with Crippen molar-refractivity contribution in [2.45, 2.75) is 28.7 Å². The van der Waals surface area contributed by atoms with Gasteiger partial charge in [0.1, 0.15) is 0 Å². The maximum absolute atomic E-state index is 8.80. The molecule has 18 heavy (non-hydrogen) atoms. The summed E-state index contributed by atoms with van der Waals surface area (Å²) in [6, 6.07) is 2.13. The van der Waals surface area contributed by atoms with Crippen LogP contribution in [0.1, 0.15) is 10.4 Å². The number of hydrogen-bond acceptors (Lipinski definition) is 7. The highest BCUT2D eigenvalue weighted by molar-refractivity contribution is 7.99. The number of aromatic nitrogens is 2. The maximum atomic E-state index is 8.80. The van der Waals surface area contributed by atoms with Crippen LogP contribution >= 0.6 is 46.5 Å². The highest BCUT2D eigenvalue weighted by atomic mass is 35.5. The van der Waals surface area contributed by atoms with Gasteiger partial charge in [-0.15, -0.1) is 21.5 Å². The number of hydrogen-bond donors (Lipinski definition) is 0. The van der Waals surface area contributed by atoms with Crippen LogP contribution in [0.15, 0.2) is 19.8 Å². The Balaban J connectivity index is 2.30. The number of nitriles is 1. The summed E-state index contributed by atoms with van der Waals surface area (Å²) >= 11 is 10.3. The lowest BCUT2D eigenvalue weighted by Crippen LogP contribution is -1.81. The summed E-state index contributed by atoms with van der Waals surface area (Å²) in [6.45, 7) is 1.92. The average molecular weight is 318 g/mol. The van der Waals surface area contributed by atoms with E-state index < -0.39 is 0 Å². The Morgan fingerprint density at radius 1 is 1.44 bits per heavy atom. The summed E-state index contributed by atoms with van der Waals surface area (Å²) in [6.07, 6.45) is 2.21. The molecule has 0 fully saturated rings. The monoisotopic (exact) mass is 317 g/mol. The lowest BCUT2D eigenvalue weighted by Gasteiger charge is -1.98. The third-order valence-electron chi connectivity index (χ3n) is 2.09. The fourth-order valence-electron chi connectivity index (χ4n) is 1.26. The minimum Gasteiger partial charge on any atom is -0.406 e. The minimum absolute atomic E-state index is 0.337. The van der Waals surface area contributed by atoms with E-state index in [9.17, 15) is 0 Å². The summed E-state index contributed by atoms with van der Waals surface area (Å²) in [5.41, 5.74) is 0.959. The molecule has 0 saturated carbocycles. The molecule has 2 heterocycles. The molecule has 0 spiro atoms. The molecular weight excluding hydrogens is 310 g/mol. The fourth-order valence-corrected chi connectivity index (χ4v) is 4.01. The zero-order valence-electron chi connectivity index (χ0n) is 9.56. The molecule has 94 valence electrons. The van der Waals surface area contributed by atoms with Crippen LogP contribution in [0.2, 0.25) is 4.34 Å². The molecule has 0 unspecified atom stereocenters. The van der Waals surface area contributed by atoms with Crippen molar-refractivity contribution >= 4 is 46.5 Å². The molecule has 0 saturated heterocycles. The van der Waals surface area contributed by atoms with Gasteiger partial charge < -0.3 is 4.42 Å². The first-order valence-corrected chi connectivity index (χ1v) is 8.09. The van der Waals surface area contributed by atoms with Crippen molar-refractivity contribution in [1.82, 2.24) is 10.2 Å². The van der Waals surface area contributed by atoms with Gasteiger partial charge in [-0.3, -0.25) is 0 Å². The zero-order chi connectivity index (χ0) is 13.1. The van der Waals surface area contributed by atoms with Crippen molar-refractivity contribution < 1.29 is 4.42 Å². The molecular formula is C10H8ClN3OS3. The summed E-state index contributed by atoms with van der Waals surface area (Å²) in [5.74, 6) is 0. The van der Waals surface area contributed by atoms with Crippen molar-refractivity contribution in [2.24, 2.45) is 0 Å². The number of thioether (sulfide) groups is 1. The molecule has 2 rings (SSSR count). The van der Waals surface area contributed by atoms with Crippen molar-refractivity contribution in [1.29, 1.82) is 5.26 Å². The Morgan fingerprint density at radius 3 is 2.78 bits per heavy atom. The fraction of sp³-hybridized carbons (Fsp3) is 0.300. The molecule has 2 aromatic rings. The van der Waals surface area contributed by atoms with E-state index in [1.165, 1.54) is 34.9 Å². The van der Waals surface area contributed by atoms with Crippen LogP contribution < -0.4 is 0 Å². The van der Waals surface area contributed by atoms with Gasteiger partial charge in [-0.25, -0.2) is 0 Å². The Morgan fingerprint density at radius 2 is 2.17 bits per heavy atom. The molecule has 0 aliphatic carbocycles. The topological polar surface area (TPSA) is 62.7 Å². The van der Waals surface area contributed by atoms with Gasteiger partial charge in [0.2, 0.25) is 0 Å². The van der Waals surface area contributed by atoms with Gasteiger partial charge in [0, 0.05) is 9.77 Å². The van der Waals surface area contributed by atoms with E-state index in [0.29, 0.717) is 21.2 Å². The zero-order valence-corrected chi connectivity index (χ0v) is 12.8. The van der Waals surface area contributed by atoms with E-state index in [0.717, 1.165) is 15.3 Å². The van der Waals surface area contributed by atoms with Gasteiger partial charge in [-0.2, -0.15) is 5.26 Å². The van der Waals surface area contributed by atoms with Crippen LogP contribution in [-0.4, -0.2) is 16.5 Å². The second kappa shape index (κ2) is 5.97. The highest BCUT2D eigenvalue weighted by Gasteiger charge is 2.17. The second-order valence-electron chi connectivity index (χ2n) is 3.23. The van der Waals surface area contributed by atoms with E-state index in [2.05, 4.69) is 16.3 Å². The van der Waals surface area contributed by atoms with Crippen LogP contribution in [0.25, 0.3) is 0 Å². The molecule has 0 amide bonds. The van der Waals surface area contributed by atoms with Crippen LogP contribution in [0.4, 0.5) is 0 Å². The van der Waals surface area contributed by atoms with Gasteiger partial charge in [0.25, 0.3) is 10.4 Å². The largest absolute Gasteiger partial charge is 0.406 e. The van der Waals surface area contributed by atoms with E-state index in [-0.39, 0.29) is 0 Å². The minimum atomic E-state index is 0.337. The van der Waals surface area contributed by atoms with E-state index in [1.54, 1.807) is 0 Å². The van der Waals surface area contributed by atoms with E-state index in [4.69, 9.17) is 21.3 Å².